The molecule has 3 rings (SSSR count). The number of ether oxygens (including phenoxy) is 1. The van der Waals surface area contributed by atoms with Crippen LogP contribution in [0.15, 0.2) is 24.3 Å². The molecule has 1 aliphatic carbocycles. The Balaban J connectivity index is 1.88. The molecule has 0 amide bonds. The molecule has 0 unspecified atom stereocenters. The molecule has 0 bridgehead atoms. The smallest absolute Gasteiger partial charge is 0.140 e. The maximum absolute atomic E-state index is 9.41. The van der Waals surface area contributed by atoms with Gasteiger partial charge in [0.05, 0.1) is 19.3 Å². The first-order valence-corrected chi connectivity index (χ1v) is 7.62. The van der Waals surface area contributed by atoms with Crippen LogP contribution in [0.4, 0.5) is 5.82 Å². The van der Waals surface area contributed by atoms with Crippen LogP contribution in [0, 0.1) is 11.3 Å². The zero-order chi connectivity index (χ0) is 15.5. The molecule has 0 radical (unpaired) electrons. The van der Waals surface area contributed by atoms with Crippen molar-refractivity contribution in [3.63, 3.8) is 0 Å². The first-order valence-electron chi connectivity index (χ1n) is 7.62. The lowest BCUT2D eigenvalue weighted by atomic mass is 10.0. The van der Waals surface area contributed by atoms with Crippen LogP contribution >= 0.6 is 0 Å². The van der Waals surface area contributed by atoms with Gasteiger partial charge in [-0.2, -0.15) is 10.4 Å². The summed E-state index contributed by atoms with van der Waals surface area (Å²) in [6.45, 7) is 0.567. The number of rotatable bonds is 4. The zero-order valence-corrected chi connectivity index (χ0v) is 12.7. The highest BCUT2D eigenvalue weighted by Gasteiger charge is 2.26. The largest absolute Gasteiger partial charge is 0.497 e. The Hall–Kier alpha value is -2.48. The van der Waals surface area contributed by atoms with E-state index >= 15 is 0 Å². The zero-order valence-electron chi connectivity index (χ0n) is 12.7. The summed E-state index contributed by atoms with van der Waals surface area (Å²) in [7, 11) is 1.65. The Morgan fingerprint density at radius 3 is 2.59 bits per heavy atom. The molecule has 22 heavy (non-hydrogen) atoms. The highest BCUT2D eigenvalue weighted by atomic mass is 16.5. The van der Waals surface area contributed by atoms with Gasteiger partial charge in [-0.3, -0.25) is 0 Å². The van der Waals surface area contributed by atoms with E-state index in [4.69, 9.17) is 10.5 Å². The third-order valence-electron chi connectivity index (χ3n) is 4.36. The summed E-state index contributed by atoms with van der Waals surface area (Å²) < 4.78 is 6.91. The summed E-state index contributed by atoms with van der Waals surface area (Å²) in [5.74, 6) is 1.68. The molecule has 1 fully saturated rings. The lowest BCUT2D eigenvalue weighted by Crippen LogP contribution is -2.06. The predicted octanol–water partition coefficient (Wildman–Crippen LogP) is 3.05. The molecule has 2 aromatic rings. The number of nitrogens with two attached hydrogens (primary N) is 1. The van der Waals surface area contributed by atoms with E-state index in [1.54, 1.807) is 11.8 Å². The van der Waals surface area contributed by atoms with Crippen LogP contribution in [-0.2, 0) is 6.54 Å². The molecule has 5 nitrogen and oxygen atoms in total. The van der Waals surface area contributed by atoms with E-state index in [9.17, 15) is 5.26 Å². The normalized spacial score (nSPS) is 14.9. The number of benzene rings is 1. The van der Waals surface area contributed by atoms with Crippen LogP contribution in [0.25, 0.3) is 0 Å². The maximum Gasteiger partial charge on any atom is 0.140 e. The van der Waals surface area contributed by atoms with Gasteiger partial charge in [0.2, 0.25) is 0 Å². The van der Waals surface area contributed by atoms with E-state index in [0.29, 0.717) is 23.8 Å². The minimum absolute atomic E-state index is 0.383. The van der Waals surface area contributed by atoms with Crippen molar-refractivity contribution in [3.05, 3.63) is 41.1 Å². The first kappa shape index (κ1) is 14.5. The van der Waals surface area contributed by atoms with Gasteiger partial charge in [0.25, 0.3) is 0 Å². The maximum atomic E-state index is 9.41. The highest BCUT2D eigenvalue weighted by Crippen LogP contribution is 2.36. The fraction of sp³-hybridized carbons (Fsp3) is 0.412. The number of methoxy groups -OCH3 is 1. The van der Waals surface area contributed by atoms with Gasteiger partial charge in [-0.25, -0.2) is 4.68 Å². The number of aromatic nitrogens is 2. The van der Waals surface area contributed by atoms with Gasteiger partial charge in [-0.1, -0.05) is 25.0 Å². The summed E-state index contributed by atoms with van der Waals surface area (Å²) in [6.07, 6.45) is 4.63. The Morgan fingerprint density at radius 2 is 2.00 bits per heavy atom. The highest BCUT2D eigenvalue weighted by molar-refractivity contribution is 5.53. The molecule has 1 saturated carbocycles. The molecular formula is C17H20N4O. The fourth-order valence-corrected chi connectivity index (χ4v) is 3.12. The Kier molecular flexibility index (Phi) is 4.01. The third kappa shape index (κ3) is 2.64. The van der Waals surface area contributed by atoms with Crippen LogP contribution in [0.2, 0.25) is 0 Å². The van der Waals surface area contributed by atoms with E-state index in [1.165, 1.54) is 12.8 Å². The molecule has 1 aromatic carbocycles. The molecule has 2 N–H and O–H groups in total. The van der Waals surface area contributed by atoms with Crippen molar-refractivity contribution in [1.29, 1.82) is 5.26 Å². The van der Waals surface area contributed by atoms with Crippen LogP contribution in [-0.4, -0.2) is 16.9 Å². The number of nitrogen functional groups attached to an aromatic ring is 1. The van der Waals surface area contributed by atoms with E-state index in [2.05, 4.69) is 11.2 Å². The number of hydrogen-bond donors (Lipinski definition) is 1. The van der Waals surface area contributed by atoms with Crippen molar-refractivity contribution in [2.45, 2.75) is 38.1 Å². The average Bonchev–Trinajstić information content (AvgIpc) is 3.17. The second kappa shape index (κ2) is 6.10. The van der Waals surface area contributed by atoms with Crippen molar-refractivity contribution in [2.75, 3.05) is 12.8 Å². The summed E-state index contributed by atoms with van der Waals surface area (Å²) in [6, 6.07) is 10.0. The van der Waals surface area contributed by atoms with Gasteiger partial charge in [-0.05, 0) is 30.5 Å². The van der Waals surface area contributed by atoms with Crippen molar-refractivity contribution >= 4 is 5.82 Å². The quantitative estimate of drug-likeness (QED) is 0.940. The molecule has 5 heteroatoms. The van der Waals surface area contributed by atoms with E-state index in [0.717, 1.165) is 29.8 Å². The molecule has 0 saturated heterocycles. The Morgan fingerprint density at radius 1 is 1.32 bits per heavy atom. The summed E-state index contributed by atoms with van der Waals surface area (Å²) in [4.78, 5) is 0. The Labute approximate surface area is 130 Å². The van der Waals surface area contributed by atoms with E-state index < -0.39 is 0 Å². The van der Waals surface area contributed by atoms with Crippen LogP contribution in [0.3, 0.4) is 0 Å². The van der Waals surface area contributed by atoms with Gasteiger partial charge < -0.3 is 10.5 Å². The average molecular weight is 296 g/mol. The molecule has 114 valence electrons. The number of nitrogens with zero attached hydrogens (tertiary/aromatic N) is 3. The van der Waals surface area contributed by atoms with Crippen LogP contribution in [0.5, 0.6) is 5.75 Å². The summed E-state index contributed by atoms with van der Waals surface area (Å²) in [5.41, 5.74) is 8.66. The third-order valence-corrected chi connectivity index (χ3v) is 4.36. The van der Waals surface area contributed by atoms with Gasteiger partial charge in [-0.15, -0.1) is 0 Å². The van der Waals surface area contributed by atoms with Crippen molar-refractivity contribution in [3.8, 4) is 11.8 Å². The van der Waals surface area contributed by atoms with Gasteiger partial charge in [0.15, 0.2) is 0 Å². The van der Waals surface area contributed by atoms with Crippen molar-refractivity contribution in [2.24, 2.45) is 0 Å². The lowest BCUT2D eigenvalue weighted by Gasteiger charge is -2.06. The van der Waals surface area contributed by atoms with Crippen molar-refractivity contribution in [1.82, 2.24) is 9.78 Å². The van der Waals surface area contributed by atoms with E-state index in [-0.39, 0.29) is 0 Å². The SMILES string of the molecule is COc1ccc(Cn2nc(C3CCCC3)c(C#N)c2N)cc1. The minimum atomic E-state index is 0.383. The summed E-state index contributed by atoms with van der Waals surface area (Å²) in [5, 5.41) is 14.0. The second-order valence-electron chi connectivity index (χ2n) is 5.74. The topological polar surface area (TPSA) is 76.9 Å². The fourth-order valence-electron chi connectivity index (χ4n) is 3.12. The Bertz CT molecular complexity index is 691. The lowest BCUT2D eigenvalue weighted by molar-refractivity contribution is 0.414. The molecule has 0 aliphatic heterocycles. The predicted molar refractivity (Wildman–Crippen MR) is 84.7 cm³/mol. The molecule has 1 aromatic heterocycles. The van der Waals surface area contributed by atoms with Crippen LogP contribution in [0.1, 0.15) is 48.4 Å². The van der Waals surface area contributed by atoms with Gasteiger partial charge >= 0.3 is 0 Å². The minimum Gasteiger partial charge on any atom is -0.497 e. The van der Waals surface area contributed by atoms with Gasteiger partial charge in [0.1, 0.15) is 23.2 Å². The second-order valence-corrected chi connectivity index (χ2v) is 5.74. The molecule has 1 aliphatic rings. The number of nitriles is 1. The van der Waals surface area contributed by atoms with Crippen molar-refractivity contribution < 1.29 is 4.74 Å². The monoisotopic (exact) mass is 296 g/mol. The van der Waals surface area contributed by atoms with Crippen LogP contribution < -0.4 is 10.5 Å². The molecule has 1 heterocycles. The molecule has 0 spiro atoms. The molecular weight excluding hydrogens is 276 g/mol. The standard InChI is InChI=1S/C17H20N4O/c1-22-14-8-6-12(7-9-14)11-21-17(19)15(10-18)16(20-21)13-4-2-3-5-13/h6-9,13H,2-5,11,19H2,1H3. The summed E-state index contributed by atoms with van der Waals surface area (Å²) >= 11 is 0. The molecule has 0 atom stereocenters. The first-order chi connectivity index (χ1) is 10.7. The van der Waals surface area contributed by atoms with Gasteiger partial charge in [0, 0.05) is 5.92 Å². The number of anilines is 1. The van der Waals surface area contributed by atoms with E-state index in [1.807, 2.05) is 24.3 Å². The number of hydrogen-bond acceptors (Lipinski definition) is 4.